The molecule has 1 aliphatic rings. The van der Waals surface area contributed by atoms with E-state index in [4.69, 9.17) is 4.74 Å². The highest BCUT2D eigenvalue weighted by molar-refractivity contribution is 9.09. The highest BCUT2D eigenvalue weighted by Gasteiger charge is 2.52. The smallest absolute Gasteiger partial charge is 0.358 e. The third-order valence-corrected chi connectivity index (χ3v) is 4.94. The van der Waals surface area contributed by atoms with Gasteiger partial charge in [0.1, 0.15) is 23.8 Å². The summed E-state index contributed by atoms with van der Waals surface area (Å²) in [5, 5.41) is 11.4. The zero-order valence-corrected chi connectivity index (χ0v) is 15.7. The number of carbonyl (C=O) groups is 4. The van der Waals surface area contributed by atoms with E-state index in [1.807, 2.05) is 6.07 Å². The average molecular weight is 443 g/mol. The Bertz CT molecular complexity index is 727. The molecule has 10 heteroatoms. The molecule has 138 valence electrons. The molecule has 0 radical (unpaired) electrons. The van der Waals surface area contributed by atoms with Crippen LogP contribution in [0.5, 0.6) is 0 Å². The van der Waals surface area contributed by atoms with Crippen molar-refractivity contribution < 1.29 is 29.0 Å². The van der Waals surface area contributed by atoms with Gasteiger partial charge in [0.2, 0.25) is 6.41 Å². The van der Waals surface area contributed by atoms with Crippen molar-refractivity contribution in [2.24, 2.45) is 0 Å². The Morgan fingerprint density at radius 3 is 2.62 bits per heavy atom. The van der Waals surface area contributed by atoms with Gasteiger partial charge in [-0.15, -0.1) is 0 Å². The molecular formula is C16H15BrN2O6S. The molecule has 0 bridgehead atoms. The van der Waals surface area contributed by atoms with E-state index in [1.165, 1.54) is 0 Å². The molecule has 2 rings (SSSR count). The Balaban J connectivity index is 2.21. The van der Waals surface area contributed by atoms with Crippen molar-refractivity contribution in [1.29, 1.82) is 0 Å². The molecule has 8 nitrogen and oxygen atoms in total. The first-order chi connectivity index (χ1) is 12.5. The van der Waals surface area contributed by atoms with Gasteiger partial charge in [-0.05, 0) is 5.56 Å². The van der Waals surface area contributed by atoms with Gasteiger partial charge in [-0.25, -0.2) is 4.79 Å². The van der Waals surface area contributed by atoms with E-state index in [-0.39, 0.29) is 17.6 Å². The van der Waals surface area contributed by atoms with Crippen LogP contribution in [-0.2, 0) is 30.5 Å². The second kappa shape index (κ2) is 9.39. The number of aliphatic hydroxyl groups is 1. The molecule has 2 amide bonds. The molecule has 1 aliphatic heterocycles. The molecule has 0 saturated carbocycles. The number of likely N-dealkylation sites (tertiary alicyclic amines) is 1. The molecule has 0 spiro atoms. The monoisotopic (exact) mass is 442 g/mol. The minimum atomic E-state index is -0.970. The largest absolute Gasteiger partial charge is 0.509 e. The van der Waals surface area contributed by atoms with Gasteiger partial charge < -0.3 is 15.2 Å². The summed E-state index contributed by atoms with van der Waals surface area (Å²) < 4.78 is 5.18. The SMILES string of the molecule is O=CNC1C(=O)N(C(C(=O)OCc2ccccc2)=C(O)CBr)C1SC=O. The van der Waals surface area contributed by atoms with Crippen molar-refractivity contribution in [1.82, 2.24) is 10.2 Å². The Morgan fingerprint density at radius 1 is 1.35 bits per heavy atom. The lowest BCUT2D eigenvalue weighted by atomic mass is 10.1. The molecule has 1 fully saturated rings. The number of aliphatic hydroxyl groups excluding tert-OH is 1. The molecule has 26 heavy (non-hydrogen) atoms. The van der Waals surface area contributed by atoms with Gasteiger partial charge in [0, 0.05) is 0 Å². The van der Waals surface area contributed by atoms with E-state index < -0.39 is 29.1 Å². The lowest BCUT2D eigenvalue weighted by Gasteiger charge is -2.45. The van der Waals surface area contributed by atoms with E-state index >= 15 is 0 Å². The molecule has 1 aromatic carbocycles. The van der Waals surface area contributed by atoms with Crippen LogP contribution in [0.1, 0.15) is 5.56 Å². The molecule has 1 heterocycles. The Hall–Kier alpha value is -2.33. The fourth-order valence-corrected chi connectivity index (χ4v) is 3.40. The third kappa shape index (κ3) is 4.25. The third-order valence-electron chi connectivity index (χ3n) is 3.53. The highest BCUT2D eigenvalue weighted by atomic mass is 79.9. The number of nitrogens with zero attached hydrogens (tertiary/aromatic N) is 1. The number of β-lactam (4-membered cyclic amide) rings is 1. The zero-order valence-electron chi connectivity index (χ0n) is 13.3. The number of esters is 1. The summed E-state index contributed by atoms with van der Waals surface area (Å²) in [6.07, 6.45) is 0.333. The van der Waals surface area contributed by atoms with Crippen LogP contribution in [0.25, 0.3) is 0 Å². The normalized spacial score (nSPS) is 19.9. The van der Waals surface area contributed by atoms with Crippen LogP contribution in [0.15, 0.2) is 41.8 Å². The quantitative estimate of drug-likeness (QED) is 0.147. The summed E-state index contributed by atoms with van der Waals surface area (Å²) in [5.74, 6) is -1.96. The number of nitrogens with one attached hydrogen (secondary N) is 1. The average Bonchev–Trinajstić information content (AvgIpc) is 2.67. The Labute approximate surface area is 161 Å². The molecule has 1 saturated heterocycles. The maximum Gasteiger partial charge on any atom is 0.358 e. The number of benzene rings is 1. The van der Waals surface area contributed by atoms with Crippen molar-refractivity contribution in [3.8, 4) is 0 Å². The highest BCUT2D eigenvalue weighted by Crippen LogP contribution is 2.34. The Morgan fingerprint density at radius 2 is 2.04 bits per heavy atom. The minimum Gasteiger partial charge on any atom is -0.509 e. The van der Waals surface area contributed by atoms with Crippen molar-refractivity contribution in [3.05, 3.63) is 47.4 Å². The maximum absolute atomic E-state index is 12.5. The van der Waals surface area contributed by atoms with E-state index in [9.17, 15) is 24.3 Å². The number of halogens is 1. The minimum absolute atomic E-state index is 0.0533. The second-order valence-corrected chi connectivity index (χ2v) is 6.59. The number of hydrogen-bond acceptors (Lipinski definition) is 7. The van der Waals surface area contributed by atoms with Crippen LogP contribution in [-0.4, -0.2) is 50.7 Å². The molecule has 2 N–H and O–H groups in total. The summed E-state index contributed by atoms with van der Waals surface area (Å²) in [6.45, 7) is -0.0533. The maximum atomic E-state index is 12.5. The van der Waals surface area contributed by atoms with Crippen LogP contribution in [0.3, 0.4) is 0 Å². The lowest BCUT2D eigenvalue weighted by molar-refractivity contribution is -0.153. The first-order valence-electron chi connectivity index (χ1n) is 7.36. The number of allylic oxidation sites excluding steroid dienone is 1. The number of ether oxygens (including phenoxy) is 1. The molecule has 0 aromatic heterocycles. The molecular weight excluding hydrogens is 428 g/mol. The van der Waals surface area contributed by atoms with Crippen LogP contribution in [0.4, 0.5) is 0 Å². The molecule has 2 atom stereocenters. The number of carbonyl (C=O) groups excluding carboxylic acids is 4. The molecule has 0 aliphatic carbocycles. The number of alkyl halides is 1. The van der Waals surface area contributed by atoms with E-state index in [2.05, 4.69) is 21.2 Å². The molecule has 1 aromatic rings. The van der Waals surface area contributed by atoms with Gasteiger partial charge in [0.25, 0.3) is 5.91 Å². The molecule has 2 unspecified atom stereocenters. The van der Waals surface area contributed by atoms with Crippen molar-refractivity contribution in [2.75, 3.05) is 5.33 Å². The summed E-state index contributed by atoms with van der Waals surface area (Å²) in [7, 11) is 0. The zero-order chi connectivity index (χ0) is 19.1. The predicted molar refractivity (Wildman–Crippen MR) is 97.7 cm³/mol. The van der Waals surface area contributed by atoms with Crippen LogP contribution in [0.2, 0.25) is 0 Å². The number of hydrogen-bond donors (Lipinski definition) is 2. The van der Waals surface area contributed by atoms with Gasteiger partial charge in [0.05, 0.1) is 5.33 Å². The lowest BCUT2D eigenvalue weighted by Crippen LogP contribution is -2.68. The summed E-state index contributed by atoms with van der Waals surface area (Å²) >= 11 is 3.73. The van der Waals surface area contributed by atoms with Gasteiger partial charge in [-0.3, -0.25) is 19.3 Å². The van der Waals surface area contributed by atoms with E-state index in [1.54, 1.807) is 24.3 Å². The Kier molecular flexibility index (Phi) is 7.22. The summed E-state index contributed by atoms with van der Waals surface area (Å²) in [5.41, 5.74) is 0.848. The van der Waals surface area contributed by atoms with Gasteiger partial charge >= 0.3 is 5.97 Å². The first-order valence-corrected chi connectivity index (χ1v) is 9.42. The van der Waals surface area contributed by atoms with E-state index in [0.29, 0.717) is 23.8 Å². The van der Waals surface area contributed by atoms with Crippen molar-refractivity contribution >= 4 is 51.6 Å². The van der Waals surface area contributed by atoms with Crippen LogP contribution < -0.4 is 5.32 Å². The fraction of sp³-hybridized carbons (Fsp3) is 0.250. The number of thioether (sulfide) groups is 1. The van der Waals surface area contributed by atoms with Gasteiger partial charge in [-0.1, -0.05) is 58.0 Å². The standard InChI is InChI=1S/C16H15BrN2O6S/c17-6-11(22)13(16(24)25-7-10-4-2-1-3-5-10)19-14(23)12(18-8-20)15(19)26-9-21/h1-5,8-9,12,15,22H,6-7H2,(H,18,20). The van der Waals surface area contributed by atoms with E-state index in [0.717, 1.165) is 10.5 Å². The van der Waals surface area contributed by atoms with Gasteiger partial charge in [-0.2, -0.15) is 0 Å². The fourth-order valence-electron chi connectivity index (χ4n) is 2.33. The number of amides is 2. The second-order valence-electron chi connectivity index (χ2n) is 5.08. The predicted octanol–water partition coefficient (Wildman–Crippen LogP) is 1.10. The van der Waals surface area contributed by atoms with Crippen LogP contribution >= 0.6 is 27.7 Å². The number of rotatable bonds is 9. The summed E-state index contributed by atoms with van der Waals surface area (Å²) in [6, 6.07) is 7.91. The summed E-state index contributed by atoms with van der Waals surface area (Å²) in [4.78, 5) is 47.2. The first kappa shape index (κ1) is 20.0. The van der Waals surface area contributed by atoms with Gasteiger partial charge in [0.15, 0.2) is 11.3 Å². The topological polar surface area (TPSA) is 113 Å². The van der Waals surface area contributed by atoms with Crippen molar-refractivity contribution in [3.63, 3.8) is 0 Å². The van der Waals surface area contributed by atoms with Crippen LogP contribution in [0, 0.1) is 0 Å². The van der Waals surface area contributed by atoms with Crippen molar-refractivity contribution in [2.45, 2.75) is 18.0 Å².